The number of nitrogens with one attached hydrogen (secondary N) is 1. The first kappa shape index (κ1) is 19.9. The largest absolute Gasteiger partial charge is 0.490 e. The van der Waals surface area contributed by atoms with Gasteiger partial charge >= 0.3 is 0 Å². The molecule has 0 aromatic heterocycles. The van der Waals surface area contributed by atoms with Gasteiger partial charge in [0.15, 0.2) is 11.5 Å². The standard InChI is InChI=1S/C18H23ClN2O3/c1-5-7-24-17-15(19)9-13(10-16(17)23-6-2)8-14(11-20)18(22)21-12(3)4/h8-10,12H,5-7H2,1-4H3,(H,21,22)/b14-8+. The molecule has 1 N–H and O–H groups in total. The van der Waals surface area contributed by atoms with Gasteiger partial charge in [-0.25, -0.2) is 0 Å². The Labute approximate surface area is 148 Å². The molecule has 0 heterocycles. The summed E-state index contributed by atoms with van der Waals surface area (Å²) in [5, 5.41) is 12.3. The minimum Gasteiger partial charge on any atom is -0.490 e. The molecule has 1 aromatic rings. The summed E-state index contributed by atoms with van der Waals surface area (Å²) < 4.78 is 11.2. The predicted molar refractivity (Wildman–Crippen MR) is 95.3 cm³/mol. The number of ether oxygens (including phenoxy) is 2. The maximum atomic E-state index is 12.0. The fourth-order valence-corrected chi connectivity index (χ4v) is 2.21. The summed E-state index contributed by atoms with van der Waals surface area (Å²) >= 11 is 6.28. The summed E-state index contributed by atoms with van der Waals surface area (Å²) in [5.41, 5.74) is 0.604. The second-order valence-electron chi connectivity index (χ2n) is 5.41. The Morgan fingerprint density at radius 3 is 2.62 bits per heavy atom. The summed E-state index contributed by atoms with van der Waals surface area (Å²) in [6, 6.07) is 5.21. The molecule has 0 aliphatic heterocycles. The molecule has 0 aliphatic rings. The van der Waals surface area contributed by atoms with Crippen molar-refractivity contribution in [3.8, 4) is 17.6 Å². The number of carbonyl (C=O) groups is 1. The van der Waals surface area contributed by atoms with Crippen LogP contribution in [-0.2, 0) is 4.79 Å². The molecule has 0 saturated heterocycles. The molecule has 0 radical (unpaired) electrons. The van der Waals surface area contributed by atoms with Gasteiger partial charge in [-0.15, -0.1) is 0 Å². The van der Waals surface area contributed by atoms with E-state index in [4.69, 9.17) is 21.1 Å². The monoisotopic (exact) mass is 350 g/mol. The van der Waals surface area contributed by atoms with E-state index in [2.05, 4.69) is 5.32 Å². The Hall–Kier alpha value is -2.19. The van der Waals surface area contributed by atoms with Gasteiger partial charge < -0.3 is 14.8 Å². The Kier molecular flexibility index (Phi) is 8.14. The number of carbonyl (C=O) groups excluding carboxylic acids is 1. The van der Waals surface area contributed by atoms with Crippen molar-refractivity contribution in [2.24, 2.45) is 0 Å². The molecule has 0 spiro atoms. The Morgan fingerprint density at radius 2 is 2.08 bits per heavy atom. The third-order valence-electron chi connectivity index (χ3n) is 2.88. The van der Waals surface area contributed by atoms with Crippen molar-refractivity contribution in [2.45, 2.75) is 40.2 Å². The molecular weight excluding hydrogens is 328 g/mol. The summed E-state index contributed by atoms with van der Waals surface area (Å²) in [4.78, 5) is 12.0. The molecule has 6 heteroatoms. The lowest BCUT2D eigenvalue weighted by Gasteiger charge is -2.14. The number of hydrogen-bond donors (Lipinski definition) is 1. The molecule has 0 saturated carbocycles. The lowest BCUT2D eigenvalue weighted by molar-refractivity contribution is -0.117. The van der Waals surface area contributed by atoms with E-state index in [9.17, 15) is 10.1 Å². The maximum Gasteiger partial charge on any atom is 0.262 e. The molecule has 0 atom stereocenters. The van der Waals surface area contributed by atoms with Crippen molar-refractivity contribution in [3.05, 3.63) is 28.3 Å². The molecule has 1 amide bonds. The van der Waals surface area contributed by atoms with Gasteiger partial charge in [0.2, 0.25) is 0 Å². The molecule has 5 nitrogen and oxygen atoms in total. The van der Waals surface area contributed by atoms with Crippen LogP contribution in [0.2, 0.25) is 5.02 Å². The highest BCUT2D eigenvalue weighted by Gasteiger charge is 2.14. The molecular formula is C18H23ClN2O3. The fourth-order valence-electron chi connectivity index (χ4n) is 1.93. The van der Waals surface area contributed by atoms with E-state index in [1.54, 1.807) is 12.1 Å². The van der Waals surface area contributed by atoms with E-state index in [1.165, 1.54) is 6.08 Å². The van der Waals surface area contributed by atoms with Crippen LogP contribution >= 0.6 is 11.6 Å². The summed E-state index contributed by atoms with van der Waals surface area (Å²) in [6.45, 7) is 8.49. The summed E-state index contributed by atoms with van der Waals surface area (Å²) in [5.74, 6) is 0.543. The fraction of sp³-hybridized carbons (Fsp3) is 0.444. The lowest BCUT2D eigenvalue weighted by atomic mass is 10.1. The van der Waals surface area contributed by atoms with Gasteiger partial charge in [0.25, 0.3) is 5.91 Å². The third kappa shape index (κ3) is 5.78. The van der Waals surface area contributed by atoms with Crippen molar-refractivity contribution < 1.29 is 14.3 Å². The van der Waals surface area contributed by atoms with Gasteiger partial charge in [-0.1, -0.05) is 18.5 Å². The first-order chi connectivity index (χ1) is 11.4. The Morgan fingerprint density at radius 1 is 1.38 bits per heavy atom. The van der Waals surface area contributed by atoms with E-state index >= 15 is 0 Å². The molecule has 0 aliphatic carbocycles. The van der Waals surface area contributed by atoms with E-state index in [0.29, 0.717) is 35.3 Å². The Balaban J connectivity index is 3.21. The number of amides is 1. The van der Waals surface area contributed by atoms with Gasteiger partial charge in [0, 0.05) is 6.04 Å². The van der Waals surface area contributed by atoms with Crippen LogP contribution in [0.1, 0.15) is 39.7 Å². The molecule has 0 unspecified atom stereocenters. The SMILES string of the molecule is CCCOc1c(Cl)cc(/C=C(\C#N)C(=O)NC(C)C)cc1OCC. The van der Waals surface area contributed by atoms with Crippen LogP contribution in [0.25, 0.3) is 6.08 Å². The highest BCUT2D eigenvalue weighted by atomic mass is 35.5. The predicted octanol–water partition coefficient (Wildman–Crippen LogP) is 3.96. The van der Waals surface area contributed by atoms with Crippen LogP contribution in [0, 0.1) is 11.3 Å². The number of nitrogens with zero attached hydrogens (tertiary/aromatic N) is 1. The van der Waals surface area contributed by atoms with E-state index in [-0.39, 0.29) is 11.6 Å². The Bertz CT molecular complexity index is 648. The third-order valence-corrected chi connectivity index (χ3v) is 3.16. The average molecular weight is 351 g/mol. The highest BCUT2D eigenvalue weighted by Crippen LogP contribution is 2.37. The number of halogens is 1. The minimum absolute atomic E-state index is 0.00411. The van der Waals surface area contributed by atoms with Crippen molar-refractivity contribution >= 4 is 23.6 Å². The van der Waals surface area contributed by atoms with Gasteiger partial charge in [0.05, 0.1) is 18.2 Å². The van der Waals surface area contributed by atoms with Gasteiger partial charge in [-0.2, -0.15) is 5.26 Å². The van der Waals surface area contributed by atoms with Gasteiger partial charge in [0.1, 0.15) is 11.6 Å². The van der Waals surface area contributed by atoms with E-state index < -0.39 is 5.91 Å². The van der Waals surface area contributed by atoms with Crippen LogP contribution in [0.4, 0.5) is 0 Å². The second kappa shape index (κ2) is 9.84. The van der Waals surface area contributed by atoms with Crippen LogP contribution in [0.5, 0.6) is 11.5 Å². The average Bonchev–Trinajstić information content (AvgIpc) is 2.51. The quantitative estimate of drug-likeness (QED) is 0.569. The van der Waals surface area contributed by atoms with E-state index in [1.807, 2.05) is 33.8 Å². The molecule has 130 valence electrons. The number of benzene rings is 1. The normalized spacial score (nSPS) is 11.1. The number of hydrogen-bond acceptors (Lipinski definition) is 4. The summed E-state index contributed by atoms with van der Waals surface area (Å²) in [6.07, 6.45) is 2.33. The van der Waals surface area contributed by atoms with Gasteiger partial charge in [-0.3, -0.25) is 4.79 Å². The zero-order valence-electron chi connectivity index (χ0n) is 14.5. The molecule has 0 bridgehead atoms. The van der Waals surface area contributed by atoms with Crippen molar-refractivity contribution in [1.29, 1.82) is 5.26 Å². The summed E-state index contributed by atoms with van der Waals surface area (Å²) in [7, 11) is 0. The minimum atomic E-state index is -0.423. The molecule has 0 fully saturated rings. The van der Waals surface area contributed by atoms with Crippen molar-refractivity contribution in [2.75, 3.05) is 13.2 Å². The highest BCUT2D eigenvalue weighted by molar-refractivity contribution is 6.32. The van der Waals surface area contributed by atoms with Crippen molar-refractivity contribution in [1.82, 2.24) is 5.32 Å². The van der Waals surface area contributed by atoms with Crippen LogP contribution in [0.3, 0.4) is 0 Å². The topological polar surface area (TPSA) is 71.3 Å². The van der Waals surface area contributed by atoms with Crippen LogP contribution < -0.4 is 14.8 Å². The zero-order valence-corrected chi connectivity index (χ0v) is 15.2. The first-order valence-electron chi connectivity index (χ1n) is 7.94. The van der Waals surface area contributed by atoms with Crippen molar-refractivity contribution in [3.63, 3.8) is 0 Å². The maximum absolute atomic E-state index is 12.0. The lowest BCUT2D eigenvalue weighted by Crippen LogP contribution is -2.30. The number of nitriles is 1. The molecule has 24 heavy (non-hydrogen) atoms. The first-order valence-corrected chi connectivity index (χ1v) is 8.32. The second-order valence-corrected chi connectivity index (χ2v) is 5.82. The smallest absolute Gasteiger partial charge is 0.262 e. The van der Waals surface area contributed by atoms with E-state index in [0.717, 1.165) is 6.42 Å². The van der Waals surface area contributed by atoms with Crippen LogP contribution in [-0.4, -0.2) is 25.2 Å². The number of rotatable bonds is 8. The molecule has 1 rings (SSSR count). The van der Waals surface area contributed by atoms with Gasteiger partial charge in [-0.05, 0) is 51.0 Å². The van der Waals surface area contributed by atoms with Crippen LogP contribution in [0.15, 0.2) is 17.7 Å². The zero-order chi connectivity index (χ0) is 18.1. The molecule has 1 aromatic carbocycles.